The monoisotopic (exact) mass is 339 g/mol. The minimum atomic E-state index is -4.53. The Kier molecular flexibility index (Phi) is 7.89. The molecule has 0 aliphatic heterocycles. The van der Waals surface area contributed by atoms with Crippen LogP contribution in [0.4, 0.5) is 24.5 Å². The van der Waals surface area contributed by atoms with Crippen LogP contribution in [0.3, 0.4) is 0 Å². The summed E-state index contributed by atoms with van der Waals surface area (Å²) in [7, 11) is 1.65. The molecule has 9 heteroatoms. The molecule has 0 spiro atoms. The van der Waals surface area contributed by atoms with Crippen LogP contribution >= 0.6 is 12.4 Å². The first kappa shape index (κ1) is 20.2. The molecule has 1 aromatic carbocycles. The van der Waals surface area contributed by atoms with Crippen LogP contribution in [-0.2, 0) is 15.8 Å². The number of carbonyl (C=O) groups excluding carboxylic acids is 2. The van der Waals surface area contributed by atoms with E-state index in [4.69, 9.17) is 0 Å². The molecule has 0 aliphatic carbocycles. The van der Waals surface area contributed by atoms with E-state index < -0.39 is 23.6 Å². The van der Waals surface area contributed by atoms with Gasteiger partial charge in [-0.05, 0) is 25.2 Å². The van der Waals surface area contributed by atoms with Crippen molar-refractivity contribution < 1.29 is 22.8 Å². The van der Waals surface area contributed by atoms with E-state index in [1.54, 1.807) is 7.05 Å². The second-order valence-corrected chi connectivity index (χ2v) is 4.34. The minimum Gasteiger partial charge on any atom is -0.325 e. The van der Waals surface area contributed by atoms with Gasteiger partial charge in [0.05, 0.1) is 16.9 Å². The molecule has 5 nitrogen and oxygen atoms in total. The lowest BCUT2D eigenvalue weighted by atomic mass is 10.1. The van der Waals surface area contributed by atoms with Crippen LogP contribution in [0.15, 0.2) is 18.2 Å². The van der Waals surface area contributed by atoms with E-state index in [0.717, 1.165) is 18.2 Å². The summed E-state index contributed by atoms with van der Waals surface area (Å²) < 4.78 is 38.1. The van der Waals surface area contributed by atoms with Crippen LogP contribution in [0.5, 0.6) is 0 Å². The van der Waals surface area contributed by atoms with Gasteiger partial charge in [0.15, 0.2) is 0 Å². The Bertz CT molecular complexity index is 536. The lowest BCUT2D eigenvalue weighted by Crippen LogP contribution is -2.20. The fourth-order valence-electron chi connectivity index (χ4n) is 1.57. The number of hydrogen-bond acceptors (Lipinski definition) is 3. The molecule has 0 unspecified atom stereocenters. The molecule has 0 saturated heterocycles. The van der Waals surface area contributed by atoms with Crippen LogP contribution in [0, 0.1) is 0 Å². The number of carbonyl (C=O) groups is 2. The van der Waals surface area contributed by atoms with E-state index >= 15 is 0 Å². The Morgan fingerprint density at radius 1 is 1.14 bits per heavy atom. The molecular formula is C13H17ClF3N3O2. The standard InChI is InChI=1S/C13H16F3N3O2.ClH/c1-8(20)18-10-4-3-9(13(14,15)16)7-11(10)19-12(21)5-6-17-2;/h3-4,7,17H,5-6H2,1-2H3,(H,18,20)(H,19,21);1H. The highest BCUT2D eigenvalue weighted by Gasteiger charge is 2.31. The molecule has 0 atom stereocenters. The van der Waals surface area contributed by atoms with E-state index in [0.29, 0.717) is 6.54 Å². The zero-order valence-electron chi connectivity index (χ0n) is 12.0. The number of hydrogen-bond donors (Lipinski definition) is 3. The van der Waals surface area contributed by atoms with Gasteiger partial charge in [0.25, 0.3) is 0 Å². The van der Waals surface area contributed by atoms with Crippen LogP contribution in [0.25, 0.3) is 0 Å². The summed E-state index contributed by atoms with van der Waals surface area (Å²) in [5.41, 5.74) is -0.866. The van der Waals surface area contributed by atoms with Crippen molar-refractivity contribution in [1.29, 1.82) is 0 Å². The van der Waals surface area contributed by atoms with E-state index in [2.05, 4.69) is 16.0 Å². The highest BCUT2D eigenvalue weighted by molar-refractivity contribution is 5.99. The van der Waals surface area contributed by atoms with E-state index in [9.17, 15) is 22.8 Å². The predicted molar refractivity (Wildman–Crippen MR) is 80.2 cm³/mol. The molecule has 1 rings (SSSR count). The quantitative estimate of drug-likeness (QED) is 0.772. The molecule has 0 bridgehead atoms. The van der Waals surface area contributed by atoms with Crippen molar-refractivity contribution in [3.05, 3.63) is 23.8 Å². The Balaban J connectivity index is 0.00000441. The van der Waals surface area contributed by atoms with Crippen molar-refractivity contribution in [3.63, 3.8) is 0 Å². The molecule has 124 valence electrons. The van der Waals surface area contributed by atoms with Crippen molar-refractivity contribution in [2.45, 2.75) is 19.5 Å². The molecule has 0 aromatic heterocycles. The first-order valence-corrected chi connectivity index (χ1v) is 6.17. The molecule has 22 heavy (non-hydrogen) atoms. The summed E-state index contributed by atoms with van der Waals surface area (Å²) in [6.07, 6.45) is -4.43. The molecular weight excluding hydrogens is 323 g/mol. The van der Waals surface area contributed by atoms with Gasteiger partial charge in [-0.25, -0.2) is 0 Å². The van der Waals surface area contributed by atoms with Crippen LogP contribution in [0.1, 0.15) is 18.9 Å². The molecule has 2 amide bonds. The molecule has 0 aliphatic rings. The van der Waals surface area contributed by atoms with Crippen LogP contribution < -0.4 is 16.0 Å². The summed E-state index contributed by atoms with van der Waals surface area (Å²) in [4.78, 5) is 22.7. The number of halogens is 4. The number of nitrogens with one attached hydrogen (secondary N) is 3. The van der Waals surface area contributed by atoms with Crippen molar-refractivity contribution in [2.24, 2.45) is 0 Å². The van der Waals surface area contributed by atoms with Crippen LogP contribution in [-0.4, -0.2) is 25.4 Å². The van der Waals surface area contributed by atoms with Gasteiger partial charge in [-0.1, -0.05) is 0 Å². The fourth-order valence-corrected chi connectivity index (χ4v) is 1.57. The maximum Gasteiger partial charge on any atom is 0.416 e. The lowest BCUT2D eigenvalue weighted by Gasteiger charge is -2.14. The number of benzene rings is 1. The van der Waals surface area contributed by atoms with Crippen LogP contribution in [0.2, 0.25) is 0 Å². The summed E-state index contributed by atoms with van der Waals surface area (Å²) in [5.74, 6) is -0.893. The average Bonchev–Trinajstić information content (AvgIpc) is 2.36. The minimum absolute atomic E-state index is 0. The van der Waals surface area contributed by atoms with E-state index in [1.807, 2.05) is 0 Å². The maximum absolute atomic E-state index is 12.7. The van der Waals surface area contributed by atoms with Crippen molar-refractivity contribution in [3.8, 4) is 0 Å². The Labute approximate surface area is 132 Å². The van der Waals surface area contributed by atoms with Gasteiger partial charge >= 0.3 is 6.18 Å². The summed E-state index contributed by atoms with van der Waals surface area (Å²) in [6, 6.07) is 2.75. The third-order valence-electron chi connectivity index (χ3n) is 2.53. The normalized spacial score (nSPS) is 10.6. The molecule has 1 aromatic rings. The molecule has 0 fully saturated rings. The van der Waals surface area contributed by atoms with Gasteiger partial charge in [-0.2, -0.15) is 13.2 Å². The number of amides is 2. The van der Waals surface area contributed by atoms with Gasteiger partial charge < -0.3 is 16.0 Å². The molecule has 0 radical (unpaired) electrons. The average molecular weight is 340 g/mol. The SMILES string of the molecule is CNCCC(=O)Nc1cc(C(F)(F)F)ccc1NC(C)=O.Cl. The van der Waals surface area contributed by atoms with Gasteiger partial charge in [0.1, 0.15) is 0 Å². The topological polar surface area (TPSA) is 70.2 Å². The molecule has 0 saturated carbocycles. The van der Waals surface area contributed by atoms with E-state index in [1.165, 1.54) is 6.92 Å². The fraction of sp³-hybridized carbons (Fsp3) is 0.385. The third kappa shape index (κ3) is 6.31. The smallest absolute Gasteiger partial charge is 0.325 e. The Hall–Kier alpha value is -1.80. The molecule has 3 N–H and O–H groups in total. The second kappa shape index (κ2) is 8.60. The number of rotatable bonds is 5. The Morgan fingerprint density at radius 3 is 2.27 bits per heavy atom. The predicted octanol–water partition coefficient (Wildman–Crippen LogP) is 2.63. The van der Waals surface area contributed by atoms with E-state index in [-0.39, 0.29) is 30.2 Å². The second-order valence-electron chi connectivity index (χ2n) is 4.34. The third-order valence-corrected chi connectivity index (χ3v) is 2.53. The van der Waals surface area contributed by atoms with Gasteiger partial charge in [-0.3, -0.25) is 9.59 Å². The highest BCUT2D eigenvalue weighted by Crippen LogP contribution is 2.34. The van der Waals surface area contributed by atoms with Gasteiger partial charge in [0.2, 0.25) is 11.8 Å². The van der Waals surface area contributed by atoms with Crippen molar-refractivity contribution >= 4 is 35.6 Å². The maximum atomic E-state index is 12.7. The zero-order valence-corrected chi connectivity index (χ0v) is 12.8. The number of alkyl halides is 3. The van der Waals surface area contributed by atoms with Crippen molar-refractivity contribution in [1.82, 2.24) is 5.32 Å². The van der Waals surface area contributed by atoms with Gasteiger partial charge in [0, 0.05) is 19.9 Å². The van der Waals surface area contributed by atoms with Crippen molar-refractivity contribution in [2.75, 3.05) is 24.2 Å². The van der Waals surface area contributed by atoms with Gasteiger partial charge in [-0.15, -0.1) is 12.4 Å². The Morgan fingerprint density at radius 2 is 1.77 bits per heavy atom. The summed E-state index contributed by atoms with van der Waals surface area (Å²) in [5, 5.41) is 7.50. The lowest BCUT2D eigenvalue weighted by molar-refractivity contribution is -0.137. The first-order valence-electron chi connectivity index (χ1n) is 6.17. The largest absolute Gasteiger partial charge is 0.416 e. The first-order chi connectivity index (χ1) is 9.74. The molecule has 0 heterocycles. The zero-order chi connectivity index (χ0) is 16.0. The number of anilines is 2. The summed E-state index contributed by atoms with van der Waals surface area (Å²) >= 11 is 0. The summed E-state index contributed by atoms with van der Waals surface area (Å²) in [6.45, 7) is 1.62. The highest BCUT2D eigenvalue weighted by atomic mass is 35.5.